The summed E-state index contributed by atoms with van der Waals surface area (Å²) in [6, 6.07) is 40.0. The zero-order valence-electron chi connectivity index (χ0n) is 19.5. The molecule has 1 atom stereocenters. The number of halogens is 2. The van der Waals surface area contributed by atoms with Crippen molar-refractivity contribution in [2.24, 2.45) is 4.74 Å². The van der Waals surface area contributed by atoms with Crippen LogP contribution in [-0.4, -0.2) is 9.78 Å². The number of benzene rings is 4. The fourth-order valence-corrected chi connectivity index (χ4v) is 8.61. The fourth-order valence-electron chi connectivity index (χ4n) is 4.46. The van der Waals surface area contributed by atoms with Gasteiger partial charge in [0.2, 0.25) is 0 Å². The highest BCUT2D eigenvalue weighted by molar-refractivity contribution is 9.10. The predicted octanol–water partition coefficient (Wildman–Crippen LogP) is 7.48. The maximum atomic E-state index is 5.60. The topological polar surface area (TPSA) is 30.2 Å². The molecule has 0 N–H and O–H groups in total. The quantitative estimate of drug-likeness (QED) is 0.204. The average molecular weight is 563 g/mol. The van der Waals surface area contributed by atoms with Crippen LogP contribution in [0.15, 0.2) is 124 Å². The number of aryl methyl sites for hydroxylation is 1. The molecule has 3 nitrogen and oxygen atoms in total. The van der Waals surface area contributed by atoms with E-state index in [1.165, 1.54) is 15.9 Å². The lowest BCUT2D eigenvalue weighted by Gasteiger charge is -2.27. The highest BCUT2D eigenvalue weighted by Gasteiger charge is 2.33. The summed E-state index contributed by atoms with van der Waals surface area (Å²) in [5.74, 6) is 0. The smallest absolute Gasteiger partial charge is 0.0698 e. The second kappa shape index (κ2) is 10.8. The standard InChI is InChI=1S/C29H25BrN3P.ClH/c1-22-29(23(2)33(31-22)26-14-8-4-9-15-26)34(27-16-10-5-11-17-27,28-20-18-24(30)19-21-28)32-25-12-6-3-7-13-25;/h3-21H,1-2H3;1H. The number of hydrogen-bond donors (Lipinski definition) is 0. The van der Waals surface area contributed by atoms with Crippen molar-refractivity contribution >= 4 is 57.0 Å². The van der Waals surface area contributed by atoms with Gasteiger partial charge in [0.05, 0.1) is 29.8 Å². The normalized spacial score (nSPS) is 12.4. The van der Waals surface area contributed by atoms with E-state index in [0.717, 1.165) is 27.2 Å². The summed E-state index contributed by atoms with van der Waals surface area (Å²) in [4.78, 5) is 0. The molecule has 0 aliphatic carbocycles. The number of rotatable bonds is 5. The third-order valence-electron chi connectivity index (χ3n) is 5.93. The van der Waals surface area contributed by atoms with Crippen molar-refractivity contribution in [3.05, 3.63) is 131 Å². The minimum absolute atomic E-state index is 0. The zero-order valence-corrected chi connectivity index (χ0v) is 22.8. The molecule has 176 valence electrons. The third-order valence-corrected chi connectivity index (χ3v) is 10.4. The Morgan fingerprint density at radius 1 is 0.686 bits per heavy atom. The summed E-state index contributed by atoms with van der Waals surface area (Å²) >= 11 is 3.62. The third kappa shape index (κ3) is 4.79. The first-order valence-electron chi connectivity index (χ1n) is 11.2. The first-order valence-corrected chi connectivity index (χ1v) is 13.7. The second-order valence-electron chi connectivity index (χ2n) is 8.15. The van der Waals surface area contributed by atoms with Crippen LogP contribution in [0.2, 0.25) is 0 Å². The number of hydrogen-bond acceptors (Lipinski definition) is 2. The predicted molar refractivity (Wildman–Crippen MR) is 155 cm³/mol. The molecule has 4 aromatic carbocycles. The molecule has 1 unspecified atom stereocenters. The van der Waals surface area contributed by atoms with E-state index in [-0.39, 0.29) is 12.4 Å². The number of para-hydroxylation sites is 1. The Morgan fingerprint density at radius 2 is 1.20 bits per heavy atom. The first-order chi connectivity index (χ1) is 16.6. The summed E-state index contributed by atoms with van der Waals surface area (Å²) < 4.78 is 8.71. The molecule has 0 radical (unpaired) electrons. The van der Waals surface area contributed by atoms with Gasteiger partial charge in [0.25, 0.3) is 0 Å². The van der Waals surface area contributed by atoms with E-state index >= 15 is 0 Å². The van der Waals surface area contributed by atoms with Crippen molar-refractivity contribution in [3.8, 4) is 5.69 Å². The van der Waals surface area contributed by atoms with E-state index in [4.69, 9.17) is 9.84 Å². The monoisotopic (exact) mass is 561 g/mol. The van der Waals surface area contributed by atoms with Crippen LogP contribution in [0.25, 0.3) is 5.69 Å². The lowest BCUT2D eigenvalue weighted by atomic mass is 10.3. The summed E-state index contributed by atoms with van der Waals surface area (Å²) in [7, 11) is -2.45. The van der Waals surface area contributed by atoms with Gasteiger partial charge in [-0.05, 0) is 50.2 Å². The summed E-state index contributed by atoms with van der Waals surface area (Å²) in [6.45, 7) is 4.28. The minimum Gasteiger partial charge on any atom is -0.254 e. The molecular formula is C29H26BrClN3P. The van der Waals surface area contributed by atoms with Crippen LogP contribution in [0, 0.1) is 13.8 Å². The van der Waals surface area contributed by atoms with Gasteiger partial charge in [0.15, 0.2) is 0 Å². The molecule has 0 amide bonds. The maximum Gasteiger partial charge on any atom is 0.0698 e. The van der Waals surface area contributed by atoms with Gasteiger partial charge < -0.3 is 0 Å². The zero-order chi connectivity index (χ0) is 23.5. The van der Waals surface area contributed by atoms with Gasteiger partial charge in [0.1, 0.15) is 0 Å². The van der Waals surface area contributed by atoms with Crippen LogP contribution < -0.4 is 15.9 Å². The Morgan fingerprint density at radius 3 is 1.80 bits per heavy atom. The molecular weight excluding hydrogens is 537 g/mol. The van der Waals surface area contributed by atoms with E-state index in [1.807, 2.05) is 36.4 Å². The van der Waals surface area contributed by atoms with Gasteiger partial charge >= 0.3 is 0 Å². The lowest BCUT2D eigenvalue weighted by Crippen LogP contribution is -2.28. The van der Waals surface area contributed by atoms with Crippen molar-refractivity contribution < 1.29 is 0 Å². The Bertz CT molecular complexity index is 1470. The molecule has 1 aromatic heterocycles. The SMILES string of the molecule is Cc1nn(-c2ccccc2)c(C)c1P(=Nc1ccccc1)(c1ccccc1)c1ccc(Br)cc1.Cl. The summed E-state index contributed by atoms with van der Waals surface area (Å²) in [6.07, 6.45) is 0. The Kier molecular flexibility index (Phi) is 7.76. The number of nitrogens with zero attached hydrogens (tertiary/aromatic N) is 3. The van der Waals surface area contributed by atoms with Crippen molar-refractivity contribution in [2.75, 3.05) is 0 Å². The molecule has 35 heavy (non-hydrogen) atoms. The molecule has 0 spiro atoms. The van der Waals surface area contributed by atoms with Gasteiger partial charge in [-0.1, -0.05) is 94.8 Å². The number of aromatic nitrogens is 2. The van der Waals surface area contributed by atoms with Gasteiger partial charge in [-0.25, -0.2) is 4.68 Å². The Balaban J connectivity index is 0.00000289. The molecule has 1 heterocycles. The van der Waals surface area contributed by atoms with Crippen LogP contribution in [-0.2, 0) is 0 Å². The van der Waals surface area contributed by atoms with E-state index < -0.39 is 7.05 Å². The minimum atomic E-state index is -2.45. The van der Waals surface area contributed by atoms with Crippen molar-refractivity contribution in [3.63, 3.8) is 0 Å². The molecule has 0 fully saturated rings. The van der Waals surface area contributed by atoms with Gasteiger partial charge in [-0.2, -0.15) is 5.10 Å². The molecule has 0 aliphatic heterocycles. The molecule has 0 bridgehead atoms. The molecule has 0 saturated heterocycles. The van der Waals surface area contributed by atoms with Gasteiger partial charge in [-0.15, -0.1) is 12.4 Å². The second-order valence-corrected chi connectivity index (χ2v) is 12.0. The molecule has 6 heteroatoms. The Labute approximate surface area is 221 Å². The maximum absolute atomic E-state index is 5.60. The first kappa shape index (κ1) is 25.2. The Hall–Kier alpha value is -2.91. The van der Waals surface area contributed by atoms with Crippen LogP contribution in [0.3, 0.4) is 0 Å². The molecule has 0 saturated carbocycles. The van der Waals surface area contributed by atoms with E-state index in [0.29, 0.717) is 0 Å². The molecule has 5 aromatic rings. The van der Waals surface area contributed by atoms with Gasteiger partial charge in [0, 0.05) is 20.4 Å². The van der Waals surface area contributed by atoms with Crippen LogP contribution >= 0.6 is 35.4 Å². The average Bonchev–Trinajstić information content (AvgIpc) is 3.19. The molecule has 5 rings (SSSR count). The largest absolute Gasteiger partial charge is 0.254 e. The summed E-state index contributed by atoms with van der Waals surface area (Å²) in [5.41, 5.74) is 4.13. The molecule has 0 aliphatic rings. The van der Waals surface area contributed by atoms with Crippen molar-refractivity contribution in [1.82, 2.24) is 9.78 Å². The van der Waals surface area contributed by atoms with Crippen LogP contribution in [0.4, 0.5) is 5.69 Å². The van der Waals surface area contributed by atoms with Crippen molar-refractivity contribution in [1.29, 1.82) is 0 Å². The van der Waals surface area contributed by atoms with Crippen LogP contribution in [0.5, 0.6) is 0 Å². The summed E-state index contributed by atoms with van der Waals surface area (Å²) in [5, 5.41) is 8.64. The van der Waals surface area contributed by atoms with E-state index in [9.17, 15) is 0 Å². The van der Waals surface area contributed by atoms with Crippen molar-refractivity contribution in [2.45, 2.75) is 13.8 Å². The van der Waals surface area contributed by atoms with E-state index in [1.54, 1.807) is 0 Å². The van der Waals surface area contributed by atoms with E-state index in [2.05, 4.69) is 113 Å². The lowest BCUT2D eigenvalue weighted by molar-refractivity contribution is 0.834. The highest BCUT2D eigenvalue weighted by atomic mass is 79.9. The van der Waals surface area contributed by atoms with Gasteiger partial charge in [-0.3, -0.25) is 4.74 Å². The highest BCUT2D eigenvalue weighted by Crippen LogP contribution is 2.51. The fraction of sp³-hybridized carbons (Fsp3) is 0.0690. The van der Waals surface area contributed by atoms with Crippen LogP contribution in [0.1, 0.15) is 11.4 Å².